The van der Waals surface area contributed by atoms with Crippen LogP contribution in [-0.2, 0) is 10.2 Å². The number of carboxylic acids is 1. The molecule has 1 rings (SSSR count). The predicted octanol–water partition coefficient (Wildman–Crippen LogP) is 2.96. The molecule has 0 heterocycles. The van der Waals surface area contributed by atoms with Crippen LogP contribution in [0.4, 0.5) is 0 Å². The summed E-state index contributed by atoms with van der Waals surface area (Å²) in [7, 11) is 1.62. The van der Waals surface area contributed by atoms with E-state index in [0.29, 0.717) is 5.75 Å². The molecule has 2 N–H and O–H groups in total. The highest BCUT2D eigenvalue weighted by molar-refractivity contribution is 5.78. The zero-order valence-corrected chi connectivity index (χ0v) is 11.2. The van der Waals surface area contributed by atoms with E-state index in [4.69, 9.17) is 9.84 Å². The van der Waals surface area contributed by atoms with Crippen molar-refractivity contribution in [3.05, 3.63) is 36.4 Å². The van der Waals surface area contributed by atoms with Gasteiger partial charge >= 0.3 is 5.97 Å². The molecular formula is C14H20O4. The van der Waals surface area contributed by atoms with Gasteiger partial charge in [0.05, 0.1) is 7.11 Å². The minimum absolute atomic E-state index is 0.0569. The van der Waals surface area contributed by atoms with Crippen molar-refractivity contribution < 1.29 is 19.7 Å². The lowest BCUT2D eigenvalue weighted by Crippen LogP contribution is -2.11. The summed E-state index contributed by atoms with van der Waals surface area (Å²) in [5.41, 5.74) is 0.852. The number of rotatable bonds is 2. The summed E-state index contributed by atoms with van der Waals surface area (Å²) >= 11 is 0. The number of benzene rings is 1. The number of aromatic hydroxyl groups is 1. The molecule has 0 bridgehead atoms. The molecule has 0 aliphatic rings. The second-order valence-electron chi connectivity index (χ2n) is 4.68. The van der Waals surface area contributed by atoms with Gasteiger partial charge in [-0.05, 0) is 23.6 Å². The second kappa shape index (κ2) is 6.69. The minimum atomic E-state index is -0.981. The monoisotopic (exact) mass is 252 g/mol. The lowest BCUT2D eigenvalue weighted by Gasteiger charge is -2.20. The number of ether oxygens (including phenoxy) is 1. The maximum Gasteiger partial charge on any atom is 0.327 e. The third-order valence-electron chi connectivity index (χ3n) is 2.19. The summed E-state index contributed by atoms with van der Waals surface area (Å²) in [5.74, 6) is 0.126. The first-order valence-corrected chi connectivity index (χ1v) is 5.45. The molecule has 0 saturated heterocycles. The average Bonchev–Trinajstić information content (AvgIpc) is 2.29. The van der Waals surface area contributed by atoms with Gasteiger partial charge in [0.1, 0.15) is 11.5 Å². The van der Waals surface area contributed by atoms with Gasteiger partial charge in [0, 0.05) is 11.6 Å². The van der Waals surface area contributed by atoms with E-state index < -0.39 is 5.97 Å². The van der Waals surface area contributed by atoms with Crippen molar-refractivity contribution in [2.24, 2.45) is 0 Å². The molecule has 18 heavy (non-hydrogen) atoms. The summed E-state index contributed by atoms with van der Waals surface area (Å²) in [5, 5.41) is 17.2. The molecule has 100 valence electrons. The Morgan fingerprint density at radius 3 is 2.22 bits per heavy atom. The van der Waals surface area contributed by atoms with E-state index in [-0.39, 0.29) is 5.41 Å². The van der Waals surface area contributed by atoms with Gasteiger partial charge in [-0.25, -0.2) is 4.79 Å². The minimum Gasteiger partial charge on any atom is -0.508 e. The number of hydrogen-bond donors (Lipinski definition) is 2. The van der Waals surface area contributed by atoms with Crippen LogP contribution < -0.4 is 4.74 Å². The molecule has 0 aliphatic carbocycles. The molecule has 1 aromatic carbocycles. The van der Waals surface area contributed by atoms with Crippen molar-refractivity contribution in [3.63, 3.8) is 0 Å². The van der Waals surface area contributed by atoms with Crippen LogP contribution in [0.2, 0.25) is 0 Å². The highest BCUT2D eigenvalue weighted by atomic mass is 16.5. The Hall–Kier alpha value is -1.97. The van der Waals surface area contributed by atoms with Crippen LogP contribution in [0, 0.1) is 0 Å². The number of hydrogen-bond acceptors (Lipinski definition) is 3. The Morgan fingerprint density at radius 1 is 1.39 bits per heavy atom. The largest absolute Gasteiger partial charge is 0.508 e. The number of methoxy groups -OCH3 is 1. The Bertz CT molecular complexity index is 416. The van der Waals surface area contributed by atoms with Gasteiger partial charge in [0.2, 0.25) is 0 Å². The van der Waals surface area contributed by atoms with Crippen molar-refractivity contribution in [2.75, 3.05) is 7.11 Å². The van der Waals surface area contributed by atoms with Crippen molar-refractivity contribution in [1.82, 2.24) is 0 Å². The Kier molecular flexibility index (Phi) is 5.96. The lowest BCUT2D eigenvalue weighted by molar-refractivity contribution is -0.131. The van der Waals surface area contributed by atoms with Crippen LogP contribution >= 0.6 is 0 Å². The summed E-state index contributed by atoms with van der Waals surface area (Å²) in [4.78, 5) is 9.25. The Labute approximate surface area is 108 Å². The summed E-state index contributed by atoms with van der Waals surface area (Å²) < 4.78 is 5.09. The summed E-state index contributed by atoms with van der Waals surface area (Å²) in [6.07, 6.45) is 0.833. The van der Waals surface area contributed by atoms with E-state index >= 15 is 0 Å². The van der Waals surface area contributed by atoms with Gasteiger partial charge in [-0.2, -0.15) is 0 Å². The van der Waals surface area contributed by atoms with Gasteiger partial charge in [0.25, 0.3) is 0 Å². The molecule has 0 amide bonds. The van der Waals surface area contributed by atoms with E-state index in [1.165, 1.54) is 0 Å². The molecule has 0 aliphatic heterocycles. The molecule has 0 atom stereocenters. The Morgan fingerprint density at radius 2 is 1.89 bits per heavy atom. The van der Waals surface area contributed by atoms with E-state index in [1.807, 2.05) is 6.07 Å². The van der Waals surface area contributed by atoms with E-state index in [2.05, 4.69) is 27.4 Å². The van der Waals surface area contributed by atoms with Crippen molar-refractivity contribution >= 4 is 5.97 Å². The van der Waals surface area contributed by atoms with E-state index in [9.17, 15) is 9.90 Å². The molecule has 4 nitrogen and oxygen atoms in total. The topological polar surface area (TPSA) is 66.8 Å². The third-order valence-corrected chi connectivity index (χ3v) is 2.19. The fourth-order valence-electron chi connectivity index (χ4n) is 1.24. The van der Waals surface area contributed by atoms with Crippen LogP contribution in [0.5, 0.6) is 11.5 Å². The maximum atomic E-state index is 9.61. The standard InChI is InChI=1S/C11H16O2.C3H4O2/c1-11(2,3)9-7-8(13-4)5-6-10(9)12;1-2-3(4)5/h5-7,12H,1-4H3;2H,1H2,(H,4,5). The maximum absolute atomic E-state index is 9.61. The zero-order valence-electron chi connectivity index (χ0n) is 11.2. The van der Waals surface area contributed by atoms with Crippen molar-refractivity contribution in [3.8, 4) is 11.5 Å². The smallest absolute Gasteiger partial charge is 0.327 e. The first-order chi connectivity index (χ1) is 8.22. The number of aliphatic carboxylic acids is 1. The van der Waals surface area contributed by atoms with Crippen molar-refractivity contribution in [1.29, 1.82) is 0 Å². The molecule has 0 radical (unpaired) electrons. The molecule has 0 spiro atoms. The fraction of sp³-hybridized carbons (Fsp3) is 0.357. The van der Waals surface area contributed by atoms with E-state index in [0.717, 1.165) is 17.4 Å². The third kappa shape index (κ3) is 5.39. The van der Waals surface area contributed by atoms with Gasteiger partial charge in [-0.3, -0.25) is 0 Å². The molecular weight excluding hydrogens is 232 g/mol. The second-order valence-corrected chi connectivity index (χ2v) is 4.68. The van der Waals surface area contributed by atoms with Crippen LogP contribution in [0.3, 0.4) is 0 Å². The van der Waals surface area contributed by atoms with E-state index in [1.54, 1.807) is 19.2 Å². The first-order valence-electron chi connectivity index (χ1n) is 5.45. The lowest BCUT2D eigenvalue weighted by atomic mass is 9.86. The highest BCUT2D eigenvalue weighted by Gasteiger charge is 2.18. The highest BCUT2D eigenvalue weighted by Crippen LogP contribution is 2.33. The fourth-order valence-corrected chi connectivity index (χ4v) is 1.24. The number of phenolic OH excluding ortho intramolecular Hbond substituents is 1. The number of carboxylic acid groups (broad SMARTS) is 1. The Balaban J connectivity index is 0.000000494. The molecule has 0 fully saturated rings. The van der Waals surface area contributed by atoms with Crippen molar-refractivity contribution in [2.45, 2.75) is 26.2 Å². The van der Waals surface area contributed by atoms with Crippen LogP contribution in [0.25, 0.3) is 0 Å². The SMILES string of the molecule is C=CC(=O)O.COc1ccc(O)c(C(C)(C)C)c1. The van der Waals surface area contributed by atoms with Gasteiger partial charge in [-0.1, -0.05) is 27.4 Å². The predicted molar refractivity (Wildman–Crippen MR) is 71.2 cm³/mol. The molecule has 0 unspecified atom stereocenters. The zero-order chi connectivity index (χ0) is 14.3. The molecule has 4 heteroatoms. The first kappa shape index (κ1) is 16.0. The van der Waals surface area contributed by atoms with Gasteiger partial charge in [0.15, 0.2) is 0 Å². The molecule has 1 aromatic rings. The van der Waals surface area contributed by atoms with Gasteiger partial charge in [-0.15, -0.1) is 0 Å². The average molecular weight is 252 g/mol. The quantitative estimate of drug-likeness (QED) is 0.794. The normalized spacial score (nSPS) is 10.0. The summed E-state index contributed by atoms with van der Waals surface area (Å²) in [6.45, 7) is 9.13. The van der Waals surface area contributed by atoms with Crippen LogP contribution in [0.1, 0.15) is 26.3 Å². The van der Waals surface area contributed by atoms with Crippen LogP contribution in [-0.4, -0.2) is 23.3 Å². The van der Waals surface area contributed by atoms with Crippen LogP contribution in [0.15, 0.2) is 30.9 Å². The number of carbonyl (C=O) groups is 1. The number of phenols is 1. The summed E-state index contributed by atoms with van der Waals surface area (Å²) in [6, 6.07) is 5.29. The molecule has 0 aromatic heterocycles. The van der Waals surface area contributed by atoms with Gasteiger partial charge < -0.3 is 14.9 Å². The molecule has 0 saturated carbocycles.